The summed E-state index contributed by atoms with van der Waals surface area (Å²) in [5, 5.41) is 10.0. The minimum atomic E-state index is 0.486. The van der Waals surface area contributed by atoms with Gasteiger partial charge in [0.05, 0.1) is 12.2 Å². The first-order valence-electron chi connectivity index (χ1n) is 8.23. The van der Waals surface area contributed by atoms with E-state index in [-0.39, 0.29) is 0 Å². The Hall–Kier alpha value is -1.14. The van der Waals surface area contributed by atoms with Crippen LogP contribution in [0.25, 0.3) is 0 Å². The summed E-state index contributed by atoms with van der Waals surface area (Å²) in [6.45, 7) is 11.3. The third-order valence-electron chi connectivity index (χ3n) is 3.92. The van der Waals surface area contributed by atoms with Gasteiger partial charge in [-0.15, -0.1) is 11.3 Å². The minimum absolute atomic E-state index is 0.486. The molecule has 2 rings (SSSR count). The minimum Gasteiger partial charge on any atom is -0.357 e. The zero-order valence-electron chi connectivity index (χ0n) is 14.2. The first-order chi connectivity index (χ1) is 10.6. The lowest BCUT2D eigenvalue weighted by molar-refractivity contribution is 0.394. The zero-order chi connectivity index (χ0) is 15.9. The van der Waals surface area contributed by atoms with Gasteiger partial charge in [-0.2, -0.15) is 0 Å². The number of thiazole rings is 1. The van der Waals surface area contributed by atoms with Gasteiger partial charge in [0.25, 0.3) is 0 Å². The van der Waals surface area contributed by atoms with E-state index < -0.39 is 0 Å². The predicted octanol–water partition coefficient (Wildman–Crippen LogP) is 2.27. The van der Waals surface area contributed by atoms with E-state index in [4.69, 9.17) is 0 Å². The van der Waals surface area contributed by atoms with Gasteiger partial charge in [0.15, 0.2) is 5.96 Å². The molecule has 0 spiro atoms. The highest BCUT2D eigenvalue weighted by molar-refractivity contribution is 7.09. The van der Waals surface area contributed by atoms with Gasteiger partial charge in [-0.25, -0.2) is 9.98 Å². The van der Waals surface area contributed by atoms with Crippen molar-refractivity contribution in [2.75, 3.05) is 33.2 Å². The summed E-state index contributed by atoms with van der Waals surface area (Å²) in [7, 11) is 2.19. The lowest BCUT2D eigenvalue weighted by atomic mass is 10.1. The molecule has 0 aromatic carbocycles. The first kappa shape index (κ1) is 17.2. The smallest absolute Gasteiger partial charge is 0.191 e. The number of hydrogen-bond donors (Lipinski definition) is 2. The molecule has 6 heteroatoms. The standard InChI is InChI=1S/C16H29N5S/c1-5-17-16(18-8-13-6-7-21(4)10-13)19-9-15-20-14(11-22-15)12(2)3/h11-13H,5-10H2,1-4H3,(H2,17,18,19). The maximum atomic E-state index is 4.67. The lowest BCUT2D eigenvalue weighted by Crippen LogP contribution is -2.40. The van der Waals surface area contributed by atoms with E-state index in [1.807, 2.05) is 0 Å². The highest BCUT2D eigenvalue weighted by Crippen LogP contribution is 2.18. The van der Waals surface area contributed by atoms with E-state index in [9.17, 15) is 0 Å². The number of aromatic nitrogens is 1. The molecule has 1 fully saturated rings. The van der Waals surface area contributed by atoms with Crippen LogP contribution in [0, 0.1) is 5.92 Å². The summed E-state index contributed by atoms with van der Waals surface area (Å²) < 4.78 is 0. The van der Waals surface area contributed by atoms with Crippen LogP contribution in [0.15, 0.2) is 10.4 Å². The monoisotopic (exact) mass is 323 g/mol. The Morgan fingerprint density at radius 2 is 2.32 bits per heavy atom. The lowest BCUT2D eigenvalue weighted by Gasteiger charge is -2.15. The van der Waals surface area contributed by atoms with Crippen molar-refractivity contribution < 1.29 is 0 Å². The molecule has 1 aliphatic heterocycles. The largest absolute Gasteiger partial charge is 0.357 e. The van der Waals surface area contributed by atoms with Crippen molar-refractivity contribution in [2.45, 2.75) is 39.7 Å². The molecule has 2 N–H and O–H groups in total. The van der Waals surface area contributed by atoms with Crippen LogP contribution in [0.5, 0.6) is 0 Å². The Bertz CT molecular complexity index is 483. The molecule has 0 bridgehead atoms. The molecule has 1 unspecified atom stereocenters. The van der Waals surface area contributed by atoms with Gasteiger partial charge in [-0.1, -0.05) is 13.8 Å². The maximum absolute atomic E-state index is 4.67. The quantitative estimate of drug-likeness (QED) is 0.623. The van der Waals surface area contributed by atoms with Crippen molar-refractivity contribution >= 4 is 17.3 Å². The molecule has 0 aliphatic carbocycles. The van der Waals surface area contributed by atoms with Gasteiger partial charge in [0.2, 0.25) is 0 Å². The molecule has 124 valence electrons. The Balaban J connectivity index is 1.85. The molecular formula is C16H29N5S. The second-order valence-corrected chi connectivity index (χ2v) is 7.26. The van der Waals surface area contributed by atoms with Crippen LogP contribution in [0.1, 0.15) is 43.8 Å². The number of nitrogens with zero attached hydrogens (tertiary/aromatic N) is 3. The van der Waals surface area contributed by atoms with E-state index in [0.29, 0.717) is 12.5 Å². The topological polar surface area (TPSA) is 52.6 Å². The van der Waals surface area contributed by atoms with Crippen LogP contribution < -0.4 is 10.6 Å². The van der Waals surface area contributed by atoms with Crippen LogP contribution in [0.4, 0.5) is 0 Å². The van der Waals surface area contributed by atoms with Gasteiger partial charge in [0.1, 0.15) is 5.01 Å². The van der Waals surface area contributed by atoms with Gasteiger partial charge >= 0.3 is 0 Å². The Kier molecular flexibility index (Phi) is 6.64. The van der Waals surface area contributed by atoms with Gasteiger partial charge in [-0.05, 0) is 38.8 Å². The molecule has 1 aromatic rings. The van der Waals surface area contributed by atoms with E-state index >= 15 is 0 Å². The summed E-state index contributed by atoms with van der Waals surface area (Å²) in [5.41, 5.74) is 1.17. The van der Waals surface area contributed by atoms with Crippen molar-refractivity contribution in [3.8, 4) is 0 Å². The Morgan fingerprint density at radius 3 is 2.91 bits per heavy atom. The third kappa shape index (κ3) is 5.25. The summed E-state index contributed by atoms with van der Waals surface area (Å²) >= 11 is 1.70. The number of hydrogen-bond acceptors (Lipinski definition) is 4. The summed E-state index contributed by atoms with van der Waals surface area (Å²) in [4.78, 5) is 11.7. The molecule has 2 heterocycles. The number of guanidine groups is 1. The molecule has 0 radical (unpaired) electrons. The maximum Gasteiger partial charge on any atom is 0.191 e. The zero-order valence-corrected chi connectivity index (χ0v) is 15.0. The molecule has 0 amide bonds. The molecule has 1 aromatic heterocycles. The summed E-state index contributed by atoms with van der Waals surface area (Å²) in [6.07, 6.45) is 1.27. The van der Waals surface area contributed by atoms with Crippen molar-refractivity contribution in [3.63, 3.8) is 0 Å². The molecule has 22 heavy (non-hydrogen) atoms. The second-order valence-electron chi connectivity index (χ2n) is 6.31. The van der Waals surface area contributed by atoms with E-state index in [2.05, 4.69) is 58.7 Å². The van der Waals surface area contributed by atoms with E-state index in [1.54, 1.807) is 11.3 Å². The number of nitrogens with one attached hydrogen (secondary N) is 2. The van der Waals surface area contributed by atoms with Crippen LogP contribution in [0.3, 0.4) is 0 Å². The fourth-order valence-corrected chi connectivity index (χ4v) is 3.46. The second kappa shape index (κ2) is 8.48. The fourth-order valence-electron chi connectivity index (χ4n) is 2.59. The van der Waals surface area contributed by atoms with Crippen LogP contribution in [0.2, 0.25) is 0 Å². The number of rotatable bonds is 6. The fraction of sp³-hybridized carbons (Fsp3) is 0.750. The molecule has 1 atom stereocenters. The predicted molar refractivity (Wildman–Crippen MR) is 94.6 cm³/mol. The summed E-state index contributed by atoms with van der Waals surface area (Å²) in [5.74, 6) is 2.11. The SMILES string of the molecule is CCNC(=NCc1nc(C(C)C)cs1)NCC1CCN(C)C1. The Labute approximate surface area is 138 Å². The average Bonchev–Trinajstić information content (AvgIpc) is 3.11. The molecular weight excluding hydrogens is 294 g/mol. The molecule has 1 aliphatic rings. The summed E-state index contributed by atoms with van der Waals surface area (Å²) in [6, 6.07) is 0. The van der Waals surface area contributed by atoms with Crippen LogP contribution in [-0.2, 0) is 6.54 Å². The highest BCUT2D eigenvalue weighted by Gasteiger charge is 2.19. The average molecular weight is 324 g/mol. The van der Waals surface area contributed by atoms with Gasteiger partial charge in [0, 0.05) is 25.0 Å². The van der Waals surface area contributed by atoms with Crippen LogP contribution >= 0.6 is 11.3 Å². The van der Waals surface area contributed by atoms with Crippen molar-refractivity contribution in [2.24, 2.45) is 10.9 Å². The van der Waals surface area contributed by atoms with Crippen molar-refractivity contribution in [1.29, 1.82) is 0 Å². The number of aliphatic imine (C=N–C) groups is 1. The van der Waals surface area contributed by atoms with E-state index in [1.165, 1.54) is 25.2 Å². The Morgan fingerprint density at radius 1 is 1.50 bits per heavy atom. The molecule has 1 saturated heterocycles. The normalized spacial score (nSPS) is 19.9. The molecule has 5 nitrogen and oxygen atoms in total. The van der Waals surface area contributed by atoms with E-state index in [0.717, 1.165) is 30.0 Å². The van der Waals surface area contributed by atoms with Crippen molar-refractivity contribution in [3.05, 3.63) is 16.1 Å². The molecule has 0 saturated carbocycles. The van der Waals surface area contributed by atoms with Crippen molar-refractivity contribution in [1.82, 2.24) is 20.5 Å². The highest BCUT2D eigenvalue weighted by atomic mass is 32.1. The van der Waals surface area contributed by atoms with Crippen LogP contribution in [-0.4, -0.2) is 49.1 Å². The van der Waals surface area contributed by atoms with Gasteiger partial charge in [-0.3, -0.25) is 0 Å². The third-order valence-corrected chi connectivity index (χ3v) is 4.78. The van der Waals surface area contributed by atoms with Gasteiger partial charge < -0.3 is 15.5 Å². The number of likely N-dealkylation sites (tertiary alicyclic amines) is 1. The first-order valence-corrected chi connectivity index (χ1v) is 9.11.